The molecule has 0 spiro atoms. The third-order valence-corrected chi connectivity index (χ3v) is 4.93. The van der Waals surface area contributed by atoms with E-state index in [1.807, 2.05) is 48.5 Å². The lowest BCUT2D eigenvalue weighted by atomic mass is 10.2. The Hall–Kier alpha value is -4.10. The Morgan fingerprint density at radius 1 is 0.848 bits per heavy atom. The molecule has 8 heteroatoms. The van der Waals surface area contributed by atoms with Crippen LogP contribution in [0.15, 0.2) is 79.1 Å². The summed E-state index contributed by atoms with van der Waals surface area (Å²) in [6.45, 7) is 0.537. The number of aromatic hydroxyl groups is 1. The van der Waals surface area contributed by atoms with Crippen LogP contribution in [0.25, 0.3) is 11.4 Å². The molecule has 0 aliphatic rings. The van der Waals surface area contributed by atoms with Crippen LogP contribution in [0.4, 0.5) is 0 Å². The molecule has 2 N–H and O–H groups in total. The summed E-state index contributed by atoms with van der Waals surface area (Å²) in [5, 5.41) is 19.3. The van der Waals surface area contributed by atoms with Gasteiger partial charge in [-0.15, -0.1) is 0 Å². The van der Waals surface area contributed by atoms with Gasteiger partial charge >= 0.3 is 5.97 Å². The van der Waals surface area contributed by atoms with Crippen LogP contribution in [0.5, 0.6) is 17.2 Å². The van der Waals surface area contributed by atoms with E-state index in [4.69, 9.17) is 26.2 Å². The van der Waals surface area contributed by atoms with Crippen molar-refractivity contribution in [3.8, 4) is 28.6 Å². The second kappa shape index (κ2) is 10.0. The van der Waals surface area contributed by atoms with Crippen LogP contribution in [0, 0.1) is 0 Å². The van der Waals surface area contributed by atoms with E-state index in [-0.39, 0.29) is 17.9 Å². The van der Waals surface area contributed by atoms with Crippen molar-refractivity contribution in [1.29, 1.82) is 0 Å². The molecule has 3 aromatic carbocycles. The van der Waals surface area contributed by atoms with Gasteiger partial charge in [-0.1, -0.05) is 35.9 Å². The lowest BCUT2D eigenvalue weighted by Crippen LogP contribution is -2.01. The third kappa shape index (κ3) is 5.78. The Labute approximate surface area is 194 Å². The lowest BCUT2D eigenvalue weighted by Gasteiger charge is -2.09. The average molecular weight is 463 g/mol. The quantitative estimate of drug-likeness (QED) is 0.363. The van der Waals surface area contributed by atoms with Gasteiger partial charge in [0.1, 0.15) is 36.0 Å². The van der Waals surface area contributed by atoms with Crippen LogP contribution in [0.2, 0.25) is 5.02 Å². The van der Waals surface area contributed by atoms with E-state index < -0.39 is 5.97 Å². The van der Waals surface area contributed by atoms with Gasteiger partial charge in [-0.2, -0.15) is 0 Å². The fourth-order valence-corrected chi connectivity index (χ4v) is 3.25. The topological polar surface area (TPSA) is 102 Å². The summed E-state index contributed by atoms with van der Waals surface area (Å²) in [5.74, 6) is -0.0145. The van der Waals surface area contributed by atoms with Gasteiger partial charge in [-0.25, -0.2) is 14.8 Å². The molecule has 0 aliphatic heterocycles. The van der Waals surface area contributed by atoms with Crippen molar-refractivity contribution in [3.63, 3.8) is 0 Å². The van der Waals surface area contributed by atoms with Gasteiger partial charge in [-0.05, 0) is 48.0 Å². The fourth-order valence-electron chi connectivity index (χ4n) is 3.04. The molecule has 4 aromatic rings. The molecule has 1 aromatic heterocycles. The monoisotopic (exact) mass is 462 g/mol. The zero-order valence-corrected chi connectivity index (χ0v) is 18.1. The molecule has 7 nitrogen and oxygen atoms in total. The highest BCUT2D eigenvalue weighted by molar-refractivity contribution is 6.30. The number of carbonyl (C=O) groups is 1. The standard InChI is InChI=1S/C25H19ClN2O5/c26-19-5-1-3-16(9-19)14-32-20-6-2-4-18(10-20)24-27-12-17(13-28-24)15-33-21-7-8-23(29)22(11-21)25(30)31/h1-13,29H,14-15H2,(H,30,31). The predicted molar refractivity (Wildman–Crippen MR) is 123 cm³/mol. The summed E-state index contributed by atoms with van der Waals surface area (Å²) in [7, 11) is 0. The Bertz CT molecular complexity index is 1280. The number of carboxylic acid groups (broad SMARTS) is 1. The summed E-state index contributed by atoms with van der Waals surface area (Å²) in [5.41, 5.74) is 2.25. The maximum absolute atomic E-state index is 11.1. The summed E-state index contributed by atoms with van der Waals surface area (Å²) >= 11 is 6.01. The van der Waals surface area contributed by atoms with E-state index in [2.05, 4.69) is 9.97 Å². The predicted octanol–water partition coefficient (Wildman–Crippen LogP) is 5.36. The van der Waals surface area contributed by atoms with Crippen LogP contribution in [0.1, 0.15) is 21.5 Å². The van der Waals surface area contributed by atoms with Gasteiger partial charge in [0.25, 0.3) is 0 Å². The normalized spacial score (nSPS) is 10.6. The third-order valence-electron chi connectivity index (χ3n) is 4.70. The molecule has 166 valence electrons. The summed E-state index contributed by atoms with van der Waals surface area (Å²) in [6, 6.07) is 19.0. The van der Waals surface area contributed by atoms with Crippen LogP contribution < -0.4 is 9.47 Å². The largest absolute Gasteiger partial charge is 0.507 e. The lowest BCUT2D eigenvalue weighted by molar-refractivity contribution is 0.0693. The molecule has 1 heterocycles. The molecule has 0 aliphatic carbocycles. The number of aromatic carboxylic acids is 1. The summed E-state index contributed by atoms with van der Waals surface area (Å²) in [6.07, 6.45) is 3.28. The molecule has 4 rings (SSSR count). The first-order valence-corrected chi connectivity index (χ1v) is 10.3. The highest BCUT2D eigenvalue weighted by atomic mass is 35.5. The smallest absolute Gasteiger partial charge is 0.339 e. The summed E-state index contributed by atoms with van der Waals surface area (Å²) < 4.78 is 11.5. The Morgan fingerprint density at radius 2 is 1.55 bits per heavy atom. The van der Waals surface area contributed by atoms with E-state index in [1.54, 1.807) is 12.4 Å². The van der Waals surface area contributed by atoms with E-state index in [0.29, 0.717) is 34.5 Å². The van der Waals surface area contributed by atoms with Crippen LogP contribution in [-0.2, 0) is 13.2 Å². The van der Waals surface area contributed by atoms with E-state index in [9.17, 15) is 9.90 Å². The number of carboxylic acids is 1. The molecule has 0 saturated heterocycles. The van der Waals surface area contributed by atoms with Gasteiger partial charge in [0.2, 0.25) is 0 Å². The Morgan fingerprint density at radius 3 is 2.27 bits per heavy atom. The highest BCUT2D eigenvalue weighted by Gasteiger charge is 2.11. The zero-order chi connectivity index (χ0) is 23.2. The second-order valence-electron chi connectivity index (χ2n) is 7.13. The van der Waals surface area contributed by atoms with Crippen molar-refractivity contribution in [3.05, 3.63) is 101 Å². The number of hydrogen-bond acceptors (Lipinski definition) is 6. The SMILES string of the molecule is O=C(O)c1cc(OCc2cnc(-c3cccc(OCc4cccc(Cl)c4)c3)nc2)ccc1O. The van der Waals surface area contributed by atoms with Crippen LogP contribution in [0.3, 0.4) is 0 Å². The maximum atomic E-state index is 11.1. The number of halogens is 1. The molecule has 0 atom stereocenters. The molecule has 0 radical (unpaired) electrons. The molecule has 0 unspecified atom stereocenters. The molecule has 0 bridgehead atoms. The first-order chi connectivity index (χ1) is 16.0. The zero-order valence-electron chi connectivity index (χ0n) is 17.3. The average Bonchev–Trinajstić information content (AvgIpc) is 2.83. The van der Waals surface area contributed by atoms with E-state index >= 15 is 0 Å². The van der Waals surface area contributed by atoms with Gasteiger partial charge in [-0.3, -0.25) is 0 Å². The van der Waals surface area contributed by atoms with Crippen molar-refractivity contribution >= 4 is 17.6 Å². The number of nitrogens with zero attached hydrogens (tertiary/aromatic N) is 2. The number of rotatable bonds is 8. The fraction of sp³-hybridized carbons (Fsp3) is 0.0800. The van der Waals surface area contributed by atoms with E-state index in [0.717, 1.165) is 11.1 Å². The van der Waals surface area contributed by atoms with Crippen molar-refractivity contribution in [2.75, 3.05) is 0 Å². The van der Waals surface area contributed by atoms with Crippen LogP contribution in [-0.4, -0.2) is 26.2 Å². The van der Waals surface area contributed by atoms with Crippen molar-refractivity contribution in [2.45, 2.75) is 13.2 Å². The number of benzene rings is 3. The number of phenols is 1. The van der Waals surface area contributed by atoms with Crippen molar-refractivity contribution in [1.82, 2.24) is 9.97 Å². The first kappa shape index (κ1) is 22.1. The minimum Gasteiger partial charge on any atom is -0.507 e. The van der Waals surface area contributed by atoms with E-state index in [1.165, 1.54) is 18.2 Å². The molecular formula is C25H19ClN2O5. The molecule has 0 amide bonds. The van der Waals surface area contributed by atoms with Crippen molar-refractivity contribution < 1.29 is 24.5 Å². The van der Waals surface area contributed by atoms with Gasteiger partial charge < -0.3 is 19.7 Å². The first-order valence-electron chi connectivity index (χ1n) is 9.95. The Kier molecular flexibility index (Phi) is 6.71. The van der Waals surface area contributed by atoms with Gasteiger partial charge in [0.15, 0.2) is 5.82 Å². The molecule has 0 fully saturated rings. The second-order valence-corrected chi connectivity index (χ2v) is 7.57. The highest BCUT2D eigenvalue weighted by Crippen LogP contribution is 2.25. The van der Waals surface area contributed by atoms with Gasteiger partial charge in [0, 0.05) is 28.5 Å². The molecule has 0 saturated carbocycles. The minimum atomic E-state index is -1.23. The molecular weight excluding hydrogens is 444 g/mol. The number of ether oxygens (including phenoxy) is 2. The van der Waals surface area contributed by atoms with Crippen LogP contribution >= 0.6 is 11.6 Å². The maximum Gasteiger partial charge on any atom is 0.339 e. The van der Waals surface area contributed by atoms with Crippen molar-refractivity contribution in [2.24, 2.45) is 0 Å². The van der Waals surface area contributed by atoms with Gasteiger partial charge in [0.05, 0.1) is 0 Å². The molecule has 33 heavy (non-hydrogen) atoms. The minimum absolute atomic E-state index is 0.146. The summed E-state index contributed by atoms with van der Waals surface area (Å²) in [4.78, 5) is 19.9. The Balaban J connectivity index is 1.39. The number of aromatic nitrogens is 2. The number of hydrogen-bond donors (Lipinski definition) is 2.